The van der Waals surface area contributed by atoms with Crippen molar-refractivity contribution in [1.82, 2.24) is 0 Å². The molecule has 1 saturated heterocycles. The van der Waals surface area contributed by atoms with Crippen LogP contribution in [0.2, 0.25) is 0 Å². The quantitative estimate of drug-likeness (QED) is 0.0781. The van der Waals surface area contributed by atoms with Gasteiger partial charge in [-0.2, -0.15) is 0 Å². The fourth-order valence-electron chi connectivity index (χ4n) is 6.70. The maximum absolute atomic E-state index is 13.8. The number of carbonyl (C=O) groups is 3. The number of aliphatic hydroxyl groups excluding tert-OH is 1. The van der Waals surface area contributed by atoms with Crippen LogP contribution in [0.1, 0.15) is 47.8 Å². The normalized spacial score (nSPS) is 19.5. The van der Waals surface area contributed by atoms with E-state index in [2.05, 4.69) is 0 Å². The molecule has 1 aliphatic heterocycles. The minimum absolute atomic E-state index is 0.185. The maximum atomic E-state index is 13.8. The van der Waals surface area contributed by atoms with Gasteiger partial charge in [0.1, 0.15) is 11.7 Å². The van der Waals surface area contributed by atoms with Crippen molar-refractivity contribution in [3.05, 3.63) is 215 Å². The van der Waals surface area contributed by atoms with Crippen molar-refractivity contribution in [2.75, 3.05) is 6.61 Å². The lowest BCUT2D eigenvalue weighted by molar-refractivity contribution is -0.289. The first-order valence-corrected chi connectivity index (χ1v) is 17.9. The molecule has 5 atom stereocenters. The minimum Gasteiger partial charge on any atom is -0.452 e. The van der Waals surface area contributed by atoms with E-state index in [1.54, 1.807) is 91.0 Å². The average molecular weight is 735 g/mol. The molecular formula is C46H38O9. The topological polar surface area (TPSA) is 118 Å². The van der Waals surface area contributed by atoms with Gasteiger partial charge in [-0.3, -0.25) is 0 Å². The van der Waals surface area contributed by atoms with Crippen LogP contribution in [0.5, 0.6) is 0 Å². The predicted octanol–water partition coefficient (Wildman–Crippen LogP) is 7.39. The zero-order valence-corrected chi connectivity index (χ0v) is 29.6. The third kappa shape index (κ3) is 8.24. The molecule has 55 heavy (non-hydrogen) atoms. The Balaban J connectivity index is 1.31. The monoisotopic (exact) mass is 734 g/mol. The Morgan fingerprint density at radius 3 is 1.13 bits per heavy atom. The van der Waals surface area contributed by atoms with Crippen molar-refractivity contribution in [2.45, 2.75) is 36.3 Å². The average Bonchev–Trinajstić information content (AvgIpc) is 3.25. The molecule has 276 valence electrons. The Labute approximate surface area is 318 Å². The molecule has 0 unspecified atom stereocenters. The molecule has 1 aliphatic rings. The van der Waals surface area contributed by atoms with Gasteiger partial charge >= 0.3 is 17.9 Å². The molecule has 9 heteroatoms. The van der Waals surface area contributed by atoms with Crippen molar-refractivity contribution >= 4 is 17.9 Å². The minimum atomic E-state index is -1.83. The summed E-state index contributed by atoms with van der Waals surface area (Å²) < 4.78 is 31.3. The Kier molecular flexibility index (Phi) is 11.5. The lowest BCUT2D eigenvalue weighted by atomic mass is 9.80. The van der Waals surface area contributed by atoms with Crippen LogP contribution in [-0.4, -0.2) is 60.3 Å². The summed E-state index contributed by atoms with van der Waals surface area (Å²) in [5.74, 6) is -2.37. The third-order valence-electron chi connectivity index (χ3n) is 9.37. The largest absolute Gasteiger partial charge is 0.452 e. The van der Waals surface area contributed by atoms with Gasteiger partial charge in [0.2, 0.25) is 0 Å². The van der Waals surface area contributed by atoms with Gasteiger partial charge in [0.15, 0.2) is 24.6 Å². The molecule has 0 bridgehead atoms. The fraction of sp³-hybridized carbons (Fsp3) is 0.152. The second-order valence-electron chi connectivity index (χ2n) is 12.9. The Morgan fingerprint density at radius 2 is 0.764 bits per heavy atom. The summed E-state index contributed by atoms with van der Waals surface area (Å²) >= 11 is 0. The highest BCUT2D eigenvalue weighted by Gasteiger charge is 2.53. The van der Waals surface area contributed by atoms with Crippen LogP contribution >= 0.6 is 0 Å². The summed E-state index contributed by atoms with van der Waals surface area (Å²) in [6.07, 6.45) is -7.70. The summed E-state index contributed by atoms with van der Waals surface area (Å²) in [7, 11) is 0. The SMILES string of the molecule is O=C(O[C@H]1[C@H](OC(=O)c2ccccc2)[C@H](O)O[C@@H](COC(c2ccccc2)(c2ccccc2)c2ccccc2)[C@H]1OC(=O)c1ccccc1)c1ccccc1. The first kappa shape index (κ1) is 36.9. The number of carbonyl (C=O) groups excluding carboxylic acids is 3. The van der Waals surface area contributed by atoms with Gasteiger partial charge in [0.25, 0.3) is 0 Å². The second-order valence-corrected chi connectivity index (χ2v) is 12.9. The Morgan fingerprint density at radius 1 is 0.455 bits per heavy atom. The van der Waals surface area contributed by atoms with Crippen LogP contribution in [0.15, 0.2) is 182 Å². The first-order valence-electron chi connectivity index (χ1n) is 17.9. The summed E-state index contributed by atoms with van der Waals surface area (Å²) in [5, 5.41) is 11.7. The summed E-state index contributed by atoms with van der Waals surface area (Å²) in [5.41, 5.74) is 1.75. The van der Waals surface area contributed by atoms with E-state index in [1.165, 1.54) is 0 Å². The number of benzene rings is 6. The molecule has 0 spiro atoms. The van der Waals surface area contributed by atoms with Crippen molar-refractivity contribution in [2.24, 2.45) is 0 Å². The van der Waals surface area contributed by atoms with E-state index in [4.69, 9.17) is 23.7 Å². The van der Waals surface area contributed by atoms with Crippen LogP contribution in [0.4, 0.5) is 0 Å². The van der Waals surface area contributed by atoms with E-state index in [-0.39, 0.29) is 23.3 Å². The molecule has 1 fully saturated rings. The number of rotatable bonds is 12. The first-order chi connectivity index (χ1) is 26.9. The van der Waals surface area contributed by atoms with E-state index < -0.39 is 54.2 Å². The summed E-state index contributed by atoms with van der Waals surface area (Å²) in [6, 6.07) is 53.5. The highest BCUT2D eigenvalue weighted by Crippen LogP contribution is 2.41. The molecule has 0 saturated carbocycles. The Hall–Kier alpha value is -6.39. The third-order valence-corrected chi connectivity index (χ3v) is 9.37. The van der Waals surface area contributed by atoms with Gasteiger partial charge in [0.05, 0.1) is 23.3 Å². The molecular weight excluding hydrogens is 696 g/mol. The molecule has 6 aromatic carbocycles. The van der Waals surface area contributed by atoms with Crippen molar-refractivity contribution < 1.29 is 43.2 Å². The van der Waals surface area contributed by atoms with E-state index in [9.17, 15) is 19.5 Å². The number of aliphatic hydroxyl groups is 1. The zero-order chi connectivity index (χ0) is 38.0. The van der Waals surface area contributed by atoms with Crippen LogP contribution < -0.4 is 0 Å². The molecule has 0 radical (unpaired) electrons. The van der Waals surface area contributed by atoms with Crippen molar-refractivity contribution in [3.8, 4) is 0 Å². The van der Waals surface area contributed by atoms with Crippen LogP contribution in [0.3, 0.4) is 0 Å². The summed E-state index contributed by atoms with van der Waals surface area (Å²) in [6.45, 7) is -0.290. The van der Waals surface area contributed by atoms with Gasteiger partial charge in [-0.1, -0.05) is 146 Å². The van der Waals surface area contributed by atoms with Crippen molar-refractivity contribution in [3.63, 3.8) is 0 Å². The number of hydrogen-bond acceptors (Lipinski definition) is 9. The van der Waals surface area contributed by atoms with Gasteiger partial charge in [-0.25, -0.2) is 14.4 Å². The second kappa shape index (κ2) is 17.2. The lowest BCUT2D eigenvalue weighted by Gasteiger charge is -2.44. The number of ether oxygens (including phenoxy) is 5. The maximum Gasteiger partial charge on any atom is 0.338 e. The highest BCUT2D eigenvalue weighted by atomic mass is 16.7. The molecule has 1 N–H and O–H groups in total. The molecule has 9 nitrogen and oxygen atoms in total. The molecule has 0 amide bonds. The van der Waals surface area contributed by atoms with Crippen LogP contribution in [0, 0.1) is 0 Å². The van der Waals surface area contributed by atoms with Gasteiger partial charge in [0, 0.05) is 0 Å². The molecule has 7 rings (SSSR count). The summed E-state index contributed by atoms with van der Waals surface area (Å²) in [4.78, 5) is 41.0. The molecule has 1 heterocycles. The predicted molar refractivity (Wildman–Crippen MR) is 203 cm³/mol. The highest BCUT2D eigenvalue weighted by molar-refractivity contribution is 5.91. The van der Waals surface area contributed by atoms with Gasteiger partial charge < -0.3 is 28.8 Å². The van der Waals surface area contributed by atoms with E-state index in [1.807, 2.05) is 91.0 Å². The van der Waals surface area contributed by atoms with Crippen molar-refractivity contribution in [1.29, 1.82) is 0 Å². The molecule has 0 aliphatic carbocycles. The smallest absolute Gasteiger partial charge is 0.338 e. The van der Waals surface area contributed by atoms with Crippen LogP contribution in [0.25, 0.3) is 0 Å². The lowest BCUT2D eigenvalue weighted by Crippen LogP contribution is -2.62. The zero-order valence-electron chi connectivity index (χ0n) is 29.6. The number of esters is 3. The fourth-order valence-corrected chi connectivity index (χ4v) is 6.70. The molecule has 0 aromatic heterocycles. The van der Waals surface area contributed by atoms with E-state index in [0.717, 1.165) is 16.7 Å². The van der Waals surface area contributed by atoms with E-state index >= 15 is 0 Å². The standard InChI is InChI=1S/C46H38O9/c47-42(32-19-7-1-8-20-32)53-39-38(31-51-46(35-25-13-4-14-26-35,36-27-15-5-16-28-36)37-29-17-6-18-30-37)52-45(50)41(55-44(49)34-23-11-3-12-24-34)40(39)54-43(48)33-21-9-2-10-22-33/h1-30,38-41,45,50H,31H2/t38-,39+,40+,41-,45+/m0/s1. The van der Waals surface area contributed by atoms with E-state index in [0.29, 0.717) is 0 Å². The van der Waals surface area contributed by atoms with Gasteiger partial charge in [-0.15, -0.1) is 0 Å². The van der Waals surface area contributed by atoms with Crippen LogP contribution in [-0.2, 0) is 29.3 Å². The molecule has 6 aromatic rings. The Bertz CT molecular complexity index is 2050. The van der Waals surface area contributed by atoms with Gasteiger partial charge in [-0.05, 0) is 53.1 Å². The number of hydrogen-bond donors (Lipinski definition) is 1.